The minimum absolute atomic E-state index is 0.234. The Morgan fingerprint density at radius 3 is 2.96 bits per heavy atom. The molecule has 1 unspecified atom stereocenters. The topological polar surface area (TPSA) is 79.1 Å². The number of aliphatic hydroxyl groups is 1. The van der Waals surface area contributed by atoms with Gasteiger partial charge in [-0.15, -0.1) is 0 Å². The van der Waals surface area contributed by atoms with Gasteiger partial charge < -0.3 is 15.3 Å². The molecule has 2 aromatic rings. The van der Waals surface area contributed by atoms with E-state index in [1.165, 1.54) is 11.0 Å². The number of aromatic nitrogens is 4. The third-order valence-electron chi connectivity index (χ3n) is 4.15. The summed E-state index contributed by atoms with van der Waals surface area (Å²) in [4.78, 5) is 10.5. The van der Waals surface area contributed by atoms with Crippen molar-refractivity contribution in [1.29, 1.82) is 0 Å². The van der Waals surface area contributed by atoms with E-state index in [0.717, 1.165) is 33.0 Å². The van der Waals surface area contributed by atoms with Crippen LogP contribution in [0.5, 0.6) is 0 Å². The highest BCUT2D eigenvalue weighted by Gasteiger charge is 2.23. The van der Waals surface area contributed by atoms with Gasteiger partial charge in [-0.25, -0.2) is 18.7 Å². The molecule has 0 amide bonds. The average Bonchev–Trinajstić information content (AvgIpc) is 3.11. The Labute approximate surface area is 138 Å². The number of alkyl halides is 2. The lowest BCUT2D eigenvalue weighted by Gasteiger charge is -2.16. The first-order valence-electron chi connectivity index (χ1n) is 8.08. The van der Waals surface area contributed by atoms with Crippen LogP contribution in [0.25, 0.3) is 11.0 Å². The molecule has 3 heterocycles. The maximum atomic E-state index is 13.1. The van der Waals surface area contributed by atoms with Crippen molar-refractivity contribution in [3.05, 3.63) is 12.5 Å². The van der Waals surface area contributed by atoms with Crippen molar-refractivity contribution in [2.75, 3.05) is 38.1 Å². The van der Waals surface area contributed by atoms with Gasteiger partial charge in [-0.05, 0) is 18.9 Å². The highest BCUT2D eigenvalue weighted by atomic mass is 19.3. The van der Waals surface area contributed by atoms with Gasteiger partial charge in [0, 0.05) is 39.4 Å². The molecular formula is C15H22F2N6O. The Bertz CT molecular complexity index is 686. The maximum absolute atomic E-state index is 13.1. The number of halogens is 2. The quantitative estimate of drug-likeness (QED) is 0.789. The predicted octanol–water partition coefficient (Wildman–Crippen LogP) is 1.21. The van der Waals surface area contributed by atoms with Gasteiger partial charge in [-0.3, -0.25) is 4.68 Å². The number of nitrogens with zero attached hydrogens (tertiary/aromatic N) is 5. The van der Waals surface area contributed by atoms with Crippen molar-refractivity contribution in [3.63, 3.8) is 0 Å². The molecule has 0 bridgehead atoms. The first-order valence-corrected chi connectivity index (χ1v) is 8.08. The number of rotatable bonds is 7. The van der Waals surface area contributed by atoms with Gasteiger partial charge in [-0.1, -0.05) is 0 Å². The summed E-state index contributed by atoms with van der Waals surface area (Å²) in [6, 6.07) is 0. The lowest BCUT2D eigenvalue weighted by Crippen LogP contribution is -2.27. The molecule has 1 fully saturated rings. The van der Waals surface area contributed by atoms with Crippen LogP contribution >= 0.6 is 0 Å². The fourth-order valence-corrected chi connectivity index (χ4v) is 2.99. The average molecular weight is 340 g/mol. The first kappa shape index (κ1) is 17.0. The van der Waals surface area contributed by atoms with Crippen molar-refractivity contribution in [2.45, 2.75) is 25.8 Å². The molecule has 1 saturated heterocycles. The second kappa shape index (κ2) is 6.94. The molecule has 2 N–H and O–H groups in total. The normalized spacial score (nSPS) is 19.2. The molecule has 2 aromatic heterocycles. The third-order valence-corrected chi connectivity index (χ3v) is 4.15. The Kier molecular flexibility index (Phi) is 4.91. The van der Waals surface area contributed by atoms with Gasteiger partial charge in [0.1, 0.15) is 18.7 Å². The summed E-state index contributed by atoms with van der Waals surface area (Å²) in [7, 11) is 0. The van der Waals surface area contributed by atoms with Gasteiger partial charge in [0.25, 0.3) is 5.92 Å². The summed E-state index contributed by atoms with van der Waals surface area (Å²) in [5, 5.41) is 17.1. The zero-order valence-corrected chi connectivity index (χ0v) is 13.6. The third kappa shape index (κ3) is 4.15. The highest BCUT2D eigenvalue weighted by molar-refractivity contribution is 5.85. The van der Waals surface area contributed by atoms with E-state index in [-0.39, 0.29) is 6.61 Å². The monoisotopic (exact) mass is 340 g/mol. The highest BCUT2D eigenvalue weighted by Crippen LogP contribution is 2.21. The molecule has 0 aliphatic carbocycles. The van der Waals surface area contributed by atoms with Crippen LogP contribution in [-0.4, -0.2) is 68.5 Å². The smallest absolute Gasteiger partial charge is 0.264 e. The summed E-state index contributed by atoms with van der Waals surface area (Å²) in [6.45, 7) is 4.01. The number of hydrogen-bond donors (Lipinski definition) is 2. The zero-order valence-electron chi connectivity index (χ0n) is 13.6. The molecular weight excluding hydrogens is 318 g/mol. The predicted molar refractivity (Wildman–Crippen MR) is 86.1 cm³/mol. The fourth-order valence-electron chi connectivity index (χ4n) is 2.99. The summed E-state index contributed by atoms with van der Waals surface area (Å²) in [5.74, 6) is -1.87. The Morgan fingerprint density at radius 2 is 2.25 bits per heavy atom. The van der Waals surface area contributed by atoms with E-state index in [0.29, 0.717) is 29.3 Å². The summed E-state index contributed by atoms with van der Waals surface area (Å²) in [5.41, 5.74) is 0.401. The van der Waals surface area contributed by atoms with Gasteiger partial charge >= 0.3 is 0 Å². The maximum Gasteiger partial charge on any atom is 0.264 e. The van der Waals surface area contributed by atoms with Gasteiger partial charge in [-0.2, -0.15) is 5.10 Å². The van der Waals surface area contributed by atoms with E-state index in [9.17, 15) is 8.78 Å². The molecule has 0 spiro atoms. The summed E-state index contributed by atoms with van der Waals surface area (Å²) < 4.78 is 27.5. The van der Waals surface area contributed by atoms with E-state index < -0.39 is 12.5 Å². The largest absolute Gasteiger partial charge is 0.396 e. The van der Waals surface area contributed by atoms with Crippen LogP contribution in [0.3, 0.4) is 0 Å². The van der Waals surface area contributed by atoms with Crippen LogP contribution in [-0.2, 0) is 6.54 Å². The molecule has 3 rings (SSSR count). The lowest BCUT2D eigenvalue weighted by atomic mass is 10.1. The van der Waals surface area contributed by atoms with Gasteiger partial charge in [0.05, 0.1) is 5.39 Å². The van der Waals surface area contributed by atoms with Crippen molar-refractivity contribution in [2.24, 2.45) is 5.92 Å². The van der Waals surface area contributed by atoms with Crippen LogP contribution in [0.4, 0.5) is 14.6 Å². The van der Waals surface area contributed by atoms with E-state index in [2.05, 4.69) is 25.3 Å². The van der Waals surface area contributed by atoms with E-state index in [4.69, 9.17) is 5.11 Å². The molecule has 0 radical (unpaired) electrons. The Balaban J connectivity index is 1.62. The van der Waals surface area contributed by atoms with E-state index in [1.54, 1.807) is 6.20 Å². The minimum Gasteiger partial charge on any atom is -0.396 e. The number of nitrogens with one attached hydrogen (secondary N) is 1. The molecule has 132 valence electrons. The number of fused-ring (bicyclic) bond motifs is 1. The standard InChI is InChI=1S/C15H22F2N6O/c1-15(16,17)9-23-7-12-13(19-10-20-14(12)21-23)18-3-5-22-4-2-11(6-22)8-24/h7,10-11,24H,2-6,8-9H2,1H3,(H,18,19,20,21). The second-order valence-corrected chi connectivity index (χ2v) is 6.42. The van der Waals surface area contributed by atoms with Gasteiger partial charge in [0.2, 0.25) is 0 Å². The van der Waals surface area contributed by atoms with E-state index >= 15 is 0 Å². The molecule has 1 atom stereocenters. The minimum atomic E-state index is -2.83. The second-order valence-electron chi connectivity index (χ2n) is 6.42. The number of hydrogen-bond acceptors (Lipinski definition) is 6. The summed E-state index contributed by atoms with van der Waals surface area (Å²) >= 11 is 0. The van der Waals surface area contributed by atoms with Crippen LogP contribution < -0.4 is 5.32 Å². The lowest BCUT2D eigenvalue weighted by molar-refractivity contribution is 0.000775. The summed E-state index contributed by atoms with van der Waals surface area (Å²) in [6.07, 6.45) is 3.95. The Morgan fingerprint density at radius 1 is 1.42 bits per heavy atom. The molecule has 0 saturated carbocycles. The molecule has 24 heavy (non-hydrogen) atoms. The molecule has 1 aliphatic heterocycles. The van der Waals surface area contributed by atoms with E-state index in [1.807, 2.05) is 0 Å². The van der Waals surface area contributed by atoms with Crippen LogP contribution in [0.2, 0.25) is 0 Å². The fraction of sp³-hybridized carbons (Fsp3) is 0.667. The molecule has 9 heteroatoms. The van der Waals surface area contributed by atoms with Crippen LogP contribution in [0.15, 0.2) is 12.5 Å². The van der Waals surface area contributed by atoms with Crippen molar-refractivity contribution in [1.82, 2.24) is 24.6 Å². The Hall–Kier alpha value is -1.87. The zero-order chi connectivity index (χ0) is 17.2. The van der Waals surface area contributed by atoms with Crippen molar-refractivity contribution >= 4 is 16.9 Å². The molecule has 0 aromatic carbocycles. The van der Waals surface area contributed by atoms with Crippen LogP contribution in [0.1, 0.15) is 13.3 Å². The van der Waals surface area contributed by atoms with Crippen molar-refractivity contribution < 1.29 is 13.9 Å². The first-order chi connectivity index (χ1) is 11.4. The van der Waals surface area contributed by atoms with Crippen LogP contribution in [0, 0.1) is 5.92 Å². The van der Waals surface area contributed by atoms with Gasteiger partial charge in [0.15, 0.2) is 5.65 Å². The number of anilines is 1. The molecule has 1 aliphatic rings. The van der Waals surface area contributed by atoms with Crippen molar-refractivity contribution in [3.8, 4) is 0 Å². The molecule has 7 nitrogen and oxygen atoms in total. The number of aliphatic hydroxyl groups excluding tert-OH is 1. The SMILES string of the molecule is CC(F)(F)Cn1cc2c(NCCN3CCC(CO)C3)ncnc2n1. The number of likely N-dealkylation sites (tertiary alicyclic amines) is 1.